The van der Waals surface area contributed by atoms with Gasteiger partial charge in [-0.25, -0.2) is 9.69 Å². The SMILES string of the molecule is O=C1OCCN1C(F)F. The second-order valence-corrected chi connectivity index (χ2v) is 1.59. The van der Waals surface area contributed by atoms with E-state index in [0.717, 1.165) is 0 Å². The molecule has 52 valence electrons. The van der Waals surface area contributed by atoms with E-state index in [1.807, 2.05) is 0 Å². The van der Waals surface area contributed by atoms with Gasteiger partial charge in [-0.1, -0.05) is 0 Å². The molecule has 1 aliphatic rings. The molecule has 5 heteroatoms. The highest BCUT2D eigenvalue weighted by atomic mass is 19.3. The van der Waals surface area contributed by atoms with E-state index in [9.17, 15) is 13.6 Å². The van der Waals surface area contributed by atoms with Crippen molar-refractivity contribution in [1.82, 2.24) is 4.90 Å². The molecule has 9 heavy (non-hydrogen) atoms. The monoisotopic (exact) mass is 137 g/mol. The number of carbonyl (C=O) groups excluding carboxylic acids is 1. The summed E-state index contributed by atoms with van der Waals surface area (Å²) < 4.78 is 27.5. The van der Waals surface area contributed by atoms with Gasteiger partial charge in [0.2, 0.25) is 0 Å². The number of hydrogen-bond donors (Lipinski definition) is 0. The third-order valence-corrected chi connectivity index (χ3v) is 1.03. The van der Waals surface area contributed by atoms with Crippen LogP contribution >= 0.6 is 0 Å². The Hall–Kier alpha value is -0.870. The molecule has 0 radical (unpaired) electrons. The largest absolute Gasteiger partial charge is 0.447 e. The minimum absolute atomic E-state index is 0.00347. The molecule has 0 bridgehead atoms. The van der Waals surface area contributed by atoms with Crippen LogP contribution in [0.4, 0.5) is 13.6 Å². The summed E-state index contributed by atoms with van der Waals surface area (Å²) >= 11 is 0. The molecule has 0 spiro atoms. The maximum Gasteiger partial charge on any atom is 0.414 e. The fraction of sp³-hybridized carbons (Fsp3) is 0.750. The highest BCUT2D eigenvalue weighted by Gasteiger charge is 2.28. The Morgan fingerprint density at radius 1 is 1.67 bits per heavy atom. The van der Waals surface area contributed by atoms with Gasteiger partial charge >= 0.3 is 12.6 Å². The van der Waals surface area contributed by atoms with E-state index in [1.54, 1.807) is 0 Å². The quantitative estimate of drug-likeness (QED) is 0.497. The van der Waals surface area contributed by atoms with Crippen LogP contribution in [0.1, 0.15) is 0 Å². The summed E-state index contributed by atoms with van der Waals surface area (Å²) in [6.07, 6.45) is -0.926. The maximum atomic E-state index is 11.6. The number of carbonyl (C=O) groups is 1. The minimum Gasteiger partial charge on any atom is -0.447 e. The fourth-order valence-corrected chi connectivity index (χ4v) is 0.583. The highest BCUT2D eigenvalue weighted by Crippen LogP contribution is 2.09. The predicted molar refractivity (Wildman–Crippen MR) is 24.1 cm³/mol. The number of amides is 1. The topological polar surface area (TPSA) is 29.5 Å². The fourth-order valence-electron chi connectivity index (χ4n) is 0.583. The number of cyclic esters (lactones) is 1. The Kier molecular flexibility index (Phi) is 1.50. The zero-order valence-corrected chi connectivity index (χ0v) is 4.51. The molecule has 0 aromatic carbocycles. The maximum absolute atomic E-state index is 11.6. The lowest BCUT2D eigenvalue weighted by atomic mass is 10.7. The van der Waals surface area contributed by atoms with Gasteiger partial charge in [0.1, 0.15) is 6.61 Å². The van der Waals surface area contributed by atoms with Crippen LogP contribution in [0.5, 0.6) is 0 Å². The second-order valence-electron chi connectivity index (χ2n) is 1.59. The molecule has 0 saturated carbocycles. The third kappa shape index (κ3) is 1.09. The van der Waals surface area contributed by atoms with Crippen molar-refractivity contribution in [2.24, 2.45) is 0 Å². The van der Waals surface area contributed by atoms with Crippen LogP contribution in [0, 0.1) is 0 Å². The van der Waals surface area contributed by atoms with Crippen molar-refractivity contribution in [2.45, 2.75) is 6.55 Å². The zero-order chi connectivity index (χ0) is 6.85. The van der Waals surface area contributed by atoms with Crippen LogP contribution in [0.2, 0.25) is 0 Å². The number of ether oxygens (including phenoxy) is 1. The van der Waals surface area contributed by atoms with Crippen LogP contribution in [0.3, 0.4) is 0 Å². The first-order chi connectivity index (χ1) is 4.22. The lowest BCUT2D eigenvalue weighted by molar-refractivity contribution is 0.00933. The summed E-state index contributed by atoms with van der Waals surface area (Å²) in [5, 5.41) is 0. The number of rotatable bonds is 1. The third-order valence-electron chi connectivity index (χ3n) is 1.03. The first kappa shape index (κ1) is 6.25. The van der Waals surface area contributed by atoms with Gasteiger partial charge < -0.3 is 4.74 Å². The Morgan fingerprint density at radius 3 is 2.56 bits per heavy atom. The van der Waals surface area contributed by atoms with Crippen LogP contribution in [-0.2, 0) is 4.74 Å². The molecular formula is C4H5F2NO2. The van der Waals surface area contributed by atoms with Gasteiger partial charge in [-0.2, -0.15) is 8.78 Å². The molecule has 0 N–H and O–H groups in total. The van der Waals surface area contributed by atoms with Gasteiger partial charge in [0, 0.05) is 0 Å². The summed E-state index contributed by atoms with van der Waals surface area (Å²) in [5.41, 5.74) is 0. The highest BCUT2D eigenvalue weighted by molar-refractivity contribution is 5.69. The molecule has 0 aliphatic carbocycles. The zero-order valence-electron chi connectivity index (χ0n) is 4.51. The van der Waals surface area contributed by atoms with Crippen LogP contribution in [0.15, 0.2) is 0 Å². The molecule has 1 fully saturated rings. The van der Waals surface area contributed by atoms with E-state index in [2.05, 4.69) is 4.74 Å². The molecule has 3 nitrogen and oxygen atoms in total. The van der Waals surface area contributed by atoms with Crippen molar-refractivity contribution in [3.8, 4) is 0 Å². The second kappa shape index (κ2) is 2.16. The molecule has 1 amide bonds. The Balaban J connectivity index is 2.49. The van der Waals surface area contributed by atoms with E-state index < -0.39 is 12.6 Å². The lowest BCUT2D eigenvalue weighted by Crippen LogP contribution is -2.29. The number of hydrogen-bond acceptors (Lipinski definition) is 2. The Labute approximate surface area is 50.2 Å². The summed E-state index contributed by atoms with van der Waals surface area (Å²) in [7, 11) is 0. The van der Waals surface area contributed by atoms with Crippen molar-refractivity contribution in [1.29, 1.82) is 0 Å². The van der Waals surface area contributed by atoms with Crippen LogP contribution in [-0.4, -0.2) is 30.7 Å². The molecule has 1 heterocycles. The van der Waals surface area contributed by atoms with Gasteiger partial charge in [-0.15, -0.1) is 0 Å². The van der Waals surface area contributed by atoms with E-state index in [0.29, 0.717) is 4.90 Å². The summed E-state index contributed by atoms with van der Waals surface area (Å²) in [6.45, 7) is -2.65. The first-order valence-corrected chi connectivity index (χ1v) is 2.43. The minimum atomic E-state index is -2.72. The molecule has 0 atom stereocenters. The van der Waals surface area contributed by atoms with Crippen LogP contribution < -0.4 is 0 Å². The van der Waals surface area contributed by atoms with Crippen molar-refractivity contribution in [3.05, 3.63) is 0 Å². The van der Waals surface area contributed by atoms with Gasteiger partial charge in [-0.3, -0.25) is 0 Å². The van der Waals surface area contributed by atoms with Gasteiger partial charge in [0.25, 0.3) is 0 Å². The summed E-state index contributed by atoms with van der Waals surface area (Å²) in [5.74, 6) is 0. The standard InChI is InChI=1S/C4H5F2NO2/c5-3(6)7-1-2-9-4(7)8/h3H,1-2H2. The smallest absolute Gasteiger partial charge is 0.414 e. The van der Waals surface area contributed by atoms with Crippen molar-refractivity contribution < 1.29 is 18.3 Å². The van der Waals surface area contributed by atoms with Crippen molar-refractivity contribution in [3.63, 3.8) is 0 Å². The van der Waals surface area contributed by atoms with E-state index in [4.69, 9.17) is 0 Å². The normalized spacial score (nSPS) is 19.0. The average Bonchev–Trinajstić information content (AvgIpc) is 2.13. The van der Waals surface area contributed by atoms with E-state index >= 15 is 0 Å². The number of halogens is 2. The molecule has 0 aromatic heterocycles. The van der Waals surface area contributed by atoms with Gasteiger partial charge in [-0.05, 0) is 0 Å². The molecular weight excluding hydrogens is 132 g/mol. The van der Waals surface area contributed by atoms with Crippen molar-refractivity contribution >= 4 is 6.09 Å². The first-order valence-electron chi connectivity index (χ1n) is 2.43. The van der Waals surface area contributed by atoms with Gasteiger partial charge in [0.15, 0.2) is 0 Å². The predicted octanol–water partition coefficient (Wildman–Crippen LogP) is 0.661. The van der Waals surface area contributed by atoms with E-state index in [1.165, 1.54) is 0 Å². The van der Waals surface area contributed by atoms with Crippen molar-refractivity contribution in [2.75, 3.05) is 13.2 Å². The summed E-state index contributed by atoms with van der Waals surface area (Å²) in [4.78, 5) is 10.6. The molecule has 1 saturated heterocycles. The average molecular weight is 137 g/mol. The molecule has 1 aliphatic heterocycles. The Bertz CT molecular complexity index is 128. The number of nitrogens with zero attached hydrogens (tertiary/aromatic N) is 1. The van der Waals surface area contributed by atoms with E-state index in [-0.39, 0.29) is 13.2 Å². The summed E-state index contributed by atoms with van der Waals surface area (Å²) in [6, 6.07) is 0. The molecule has 0 unspecified atom stereocenters. The Morgan fingerprint density at radius 2 is 2.33 bits per heavy atom. The number of alkyl halides is 2. The molecule has 1 rings (SSSR count). The molecule has 0 aromatic rings. The van der Waals surface area contributed by atoms with Crippen LogP contribution in [0.25, 0.3) is 0 Å². The lowest BCUT2D eigenvalue weighted by Gasteiger charge is -2.08. The van der Waals surface area contributed by atoms with Gasteiger partial charge in [0.05, 0.1) is 6.54 Å².